The summed E-state index contributed by atoms with van der Waals surface area (Å²) in [7, 11) is -3.49. The Morgan fingerprint density at radius 3 is 2.65 bits per heavy atom. The topological polar surface area (TPSA) is 98.8 Å². The van der Waals surface area contributed by atoms with Crippen LogP contribution in [-0.4, -0.2) is 32.3 Å². The molecule has 110 valence electrons. The van der Waals surface area contributed by atoms with Crippen molar-refractivity contribution in [2.24, 2.45) is 10.3 Å². The van der Waals surface area contributed by atoms with Crippen LogP contribution in [0.3, 0.4) is 0 Å². The molecule has 0 spiro atoms. The number of nitrogens with two attached hydrogens (primary N) is 1. The largest absolute Gasteiger partial charge is 0.335 e. The Kier molecular flexibility index (Phi) is 6.78. The van der Waals surface area contributed by atoms with Gasteiger partial charge in [0, 0.05) is 6.42 Å². The minimum atomic E-state index is -3.61. The summed E-state index contributed by atoms with van der Waals surface area (Å²) < 4.78 is 22.4. The summed E-state index contributed by atoms with van der Waals surface area (Å²) in [4.78, 5) is 15.4. The molecule has 0 saturated heterocycles. The van der Waals surface area contributed by atoms with Crippen LogP contribution in [0.2, 0.25) is 0 Å². The van der Waals surface area contributed by atoms with E-state index in [0.29, 0.717) is 0 Å². The summed E-state index contributed by atoms with van der Waals surface area (Å²) >= 11 is 0. The Morgan fingerprint density at radius 2 is 2.10 bits per heavy atom. The first-order valence-electron chi connectivity index (χ1n) is 5.90. The Morgan fingerprint density at radius 1 is 1.45 bits per heavy atom. The minimum absolute atomic E-state index is 0.0337. The molecule has 2 N–H and O–H groups in total. The summed E-state index contributed by atoms with van der Waals surface area (Å²) in [6, 6.07) is 9.16. The van der Waals surface area contributed by atoms with Crippen LogP contribution < -0.4 is 5.14 Å². The van der Waals surface area contributed by atoms with E-state index in [-0.39, 0.29) is 21.4 Å². The molecule has 8 heteroatoms. The molecular formula is C12H17N2O4PS. The molecule has 20 heavy (non-hydrogen) atoms. The fraction of sp³-hybridized carbons (Fsp3) is 0.333. The molecule has 6 nitrogen and oxygen atoms in total. The van der Waals surface area contributed by atoms with Crippen molar-refractivity contribution in [3.05, 3.63) is 35.9 Å². The van der Waals surface area contributed by atoms with Gasteiger partial charge in [-0.15, -0.1) is 8.58 Å². The molecule has 2 atom stereocenters. The maximum absolute atomic E-state index is 11.4. The molecule has 0 fully saturated rings. The molecule has 0 bridgehead atoms. The fourth-order valence-corrected chi connectivity index (χ4v) is 3.65. The highest BCUT2D eigenvalue weighted by Crippen LogP contribution is 2.23. The van der Waals surface area contributed by atoms with Crippen molar-refractivity contribution < 1.29 is 18.0 Å². The van der Waals surface area contributed by atoms with E-state index in [1.807, 2.05) is 30.3 Å². The van der Waals surface area contributed by atoms with Crippen molar-refractivity contribution in [2.45, 2.75) is 17.8 Å². The van der Waals surface area contributed by atoms with Crippen molar-refractivity contribution in [3.63, 3.8) is 0 Å². The number of hydrogen-bond donors (Lipinski definition) is 1. The molecule has 1 rings (SSSR count). The number of sulfonamides is 1. The smallest absolute Gasteiger partial charge is 0.318 e. The third-order valence-corrected chi connectivity index (χ3v) is 6.14. The van der Waals surface area contributed by atoms with E-state index in [0.717, 1.165) is 5.56 Å². The van der Waals surface area contributed by atoms with Gasteiger partial charge in [0.1, 0.15) is 0 Å². The highest BCUT2D eigenvalue weighted by molar-refractivity contribution is 7.94. The zero-order valence-corrected chi connectivity index (χ0v) is 12.8. The average Bonchev–Trinajstić information content (AvgIpc) is 2.39. The molecule has 0 heterocycles. The molecule has 0 radical (unpaired) electrons. The molecule has 0 aliphatic carbocycles. The molecule has 0 saturated carbocycles. The van der Waals surface area contributed by atoms with Gasteiger partial charge in [-0.25, -0.2) is 18.4 Å². The van der Waals surface area contributed by atoms with Crippen molar-refractivity contribution in [1.82, 2.24) is 0 Å². The molecule has 0 aliphatic heterocycles. The third-order valence-electron chi connectivity index (χ3n) is 2.49. The Labute approximate surface area is 120 Å². The summed E-state index contributed by atoms with van der Waals surface area (Å²) in [6.07, 6.45) is 1.53. The highest BCUT2D eigenvalue weighted by atomic mass is 32.2. The van der Waals surface area contributed by atoms with Gasteiger partial charge in [0.2, 0.25) is 10.0 Å². The summed E-state index contributed by atoms with van der Waals surface area (Å²) in [6.45, 7) is 1.73. The van der Waals surface area contributed by atoms with Crippen molar-refractivity contribution in [1.29, 1.82) is 0 Å². The van der Waals surface area contributed by atoms with Crippen LogP contribution in [0.15, 0.2) is 35.5 Å². The monoisotopic (exact) mass is 316 g/mol. The zero-order chi connectivity index (χ0) is 15.0. The van der Waals surface area contributed by atoms with Crippen LogP contribution in [0.1, 0.15) is 18.4 Å². The number of carbonyl (C=O) groups excluding carboxylic acids is 1. The molecule has 2 unspecified atom stereocenters. The maximum Gasteiger partial charge on any atom is 0.335 e. The van der Waals surface area contributed by atoms with Crippen molar-refractivity contribution >= 4 is 30.8 Å². The Balaban J connectivity index is 2.39. The van der Waals surface area contributed by atoms with Gasteiger partial charge in [-0.1, -0.05) is 35.5 Å². The molecule has 0 amide bonds. The van der Waals surface area contributed by atoms with E-state index in [1.165, 1.54) is 6.21 Å². The van der Waals surface area contributed by atoms with Crippen LogP contribution in [0.4, 0.5) is 0 Å². The standard InChI is InChI=1S/C12H17N2O4PS/c1-19-12(20(13,16)17)8-7-11(15)18-14-9-10-5-3-2-4-6-10/h2-6,9,12,19H,7-8H2,1H3,(H2,13,16,17). The van der Waals surface area contributed by atoms with Gasteiger partial charge in [0.25, 0.3) is 0 Å². The van der Waals surface area contributed by atoms with Crippen molar-refractivity contribution in [3.8, 4) is 0 Å². The molecule has 0 aromatic heterocycles. The van der Waals surface area contributed by atoms with Crippen LogP contribution in [-0.2, 0) is 19.7 Å². The summed E-state index contributed by atoms with van der Waals surface area (Å²) in [5.74, 6) is -0.580. The average molecular weight is 316 g/mol. The lowest BCUT2D eigenvalue weighted by atomic mass is 10.2. The van der Waals surface area contributed by atoms with Gasteiger partial charge in [0.05, 0.1) is 11.2 Å². The highest BCUT2D eigenvalue weighted by Gasteiger charge is 2.20. The van der Waals surface area contributed by atoms with Crippen molar-refractivity contribution in [2.75, 3.05) is 6.66 Å². The zero-order valence-electron chi connectivity index (χ0n) is 11.0. The molecule has 0 aliphatic rings. The molecule has 1 aromatic rings. The van der Waals surface area contributed by atoms with Gasteiger partial charge in [-0.2, -0.15) is 0 Å². The summed E-state index contributed by atoms with van der Waals surface area (Å²) in [5.41, 5.74) is 0.803. The first kappa shape index (κ1) is 16.8. The second-order valence-corrected chi connectivity index (χ2v) is 7.45. The molecule has 1 aromatic carbocycles. The summed E-state index contributed by atoms with van der Waals surface area (Å²) in [5, 5.41) is 8.60. The minimum Gasteiger partial charge on any atom is -0.318 e. The van der Waals surface area contributed by atoms with Gasteiger partial charge in [-0.3, -0.25) is 0 Å². The van der Waals surface area contributed by atoms with Crippen LogP contribution in [0.25, 0.3) is 0 Å². The Bertz CT molecular complexity index is 560. The number of benzene rings is 1. The van der Waals surface area contributed by atoms with E-state index in [2.05, 4.69) is 9.99 Å². The Hall–Kier alpha value is -1.30. The van der Waals surface area contributed by atoms with Crippen LogP contribution in [0.5, 0.6) is 0 Å². The quantitative estimate of drug-likeness (QED) is 0.354. The van der Waals surface area contributed by atoms with E-state index >= 15 is 0 Å². The normalized spacial score (nSPS) is 13.9. The first-order chi connectivity index (χ1) is 9.43. The van der Waals surface area contributed by atoms with Crippen LogP contribution >= 0.6 is 8.58 Å². The predicted octanol–water partition coefficient (Wildman–Crippen LogP) is 1.27. The van der Waals surface area contributed by atoms with E-state index in [9.17, 15) is 13.2 Å². The number of carbonyl (C=O) groups is 1. The lowest BCUT2D eigenvalue weighted by molar-refractivity contribution is -0.143. The number of primary sulfonamides is 1. The van der Waals surface area contributed by atoms with Crippen LogP contribution in [0, 0.1) is 0 Å². The SMILES string of the molecule is CPC(CCC(=O)ON=Cc1ccccc1)S(N)(=O)=O. The maximum atomic E-state index is 11.4. The fourth-order valence-electron chi connectivity index (χ4n) is 1.45. The number of rotatable bonds is 7. The molecular weight excluding hydrogens is 299 g/mol. The van der Waals surface area contributed by atoms with Gasteiger partial charge < -0.3 is 4.84 Å². The van der Waals surface area contributed by atoms with Gasteiger partial charge >= 0.3 is 5.97 Å². The van der Waals surface area contributed by atoms with Gasteiger partial charge in [0.15, 0.2) is 0 Å². The lowest BCUT2D eigenvalue weighted by Gasteiger charge is -2.10. The predicted molar refractivity (Wildman–Crippen MR) is 80.5 cm³/mol. The second kappa shape index (κ2) is 8.09. The second-order valence-electron chi connectivity index (χ2n) is 4.01. The number of oxime groups is 1. The third kappa shape index (κ3) is 6.23. The number of hydrogen-bond acceptors (Lipinski definition) is 5. The van der Waals surface area contributed by atoms with Gasteiger partial charge in [-0.05, 0) is 18.6 Å². The lowest BCUT2D eigenvalue weighted by Crippen LogP contribution is -2.25. The van der Waals surface area contributed by atoms with E-state index in [1.54, 1.807) is 6.66 Å². The van der Waals surface area contributed by atoms with E-state index < -0.39 is 21.0 Å². The van der Waals surface area contributed by atoms with E-state index in [4.69, 9.17) is 5.14 Å². The number of nitrogens with zero attached hydrogens (tertiary/aromatic N) is 1. The first-order valence-corrected chi connectivity index (χ1v) is 9.09.